The maximum absolute atomic E-state index is 13.8. The van der Waals surface area contributed by atoms with Crippen molar-refractivity contribution in [1.29, 1.82) is 0 Å². The van der Waals surface area contributed by atoms with E-state index in [1.807, 2.05) is 104 Å². The highest BCUT2D eigenvalue weighted by Crippen LogP contribution is 2.40. The zero-order valence-electron chi connectivity index (χ0n) is 24.3. The number of nitrogens with zero attached hydrogens (tertiary/aromatic N) is 2. The Morgan fingerprint density at radius 2 is 1.55 bits per heavy atom. The quantitative estimate of drug-likeness (QED) is 0.140. The van der Waals surface area contributed by atoms with Crippen molar-refractivity contribution in [1.82, 2.24) is 4.90 Å². The van der Waals surface area contributed by atoms with E-state index in [4.69, 9.17) is 14.5 Å². The molecule has 5 aromatic carbocycles. The lowest BCUT2D eigenvalue weighted by molar-refractivity contribution is -0.122. The number of fused-ring (bicyclic) bond motifs is 1. The van der Waals surface area contributed by atoms with Gasteiger partial charge in [-0.1, -0.05) is 103 Å². The first kappa shape index (κ1) is 29.7. The van der Waals surface area contributed by atoms with Gasteiger partial charge in [0.1, 0.15) is 6.61 Å². The summed E-state index contributed by atoms with van der Waals surface area (Å²) in [6.45, 7) is 3.77. The number of amides is 1. The van der Waals surface area contributed by atoms with E-state index in [0.29, 0.717) is 47.9 Å². The summed E-state index contributed by atoms with van der Waals surface area (Å²) >= 11 is 5.11. The Kier molecular flexibility index (Phi) is 9.44. The minimum atomic E-state index is -0.0731. The van der Waals surface area contributed by atoms with Crippen LogP contribution >= 0.6 is 27.7 Å². The molecule has 1 aliphatic rings. The first-order chi connectivity index (χ1) is 21.6. The summed E-state index contributed by atoms with van der Waals surface area (Å²) in [5, 5.41) is 3.02. The smallest absolute Gasteiger partial charge is 0.267 e. The molecule has 5 aromatic rings. The van der Waals surface area contributed by atoms with Crippen LogP contribution in [0.15, 0.2) is 130 Å². The second kappa shape index (κ2) is 14.0. The number of halogens is 1. The number of hydrogen-bond donors (Lipinski definition) is 0. The molecule has 1 saturated heterocycles. The third-order valence-corrected chi connectivity index (χ3v) is 8.83. The van der Waals surface area contributed by atoms with E-state index in [0.717, 1.165) is 32.1 Å². The first-order valence-electron chi connectivity index (χ1n) is 14.5. The summed E-state index contributed by atoms with van der Waals surface area (Å²) in [5.74, 6) is 1.17. The molecule has 7 heteroatoms. The van der Waals surface area contributed by atoms with Gasteiger partial charge in [-0.15, -0.1) is 0 Å². The monoisotopic (exact) mass is 662 g/mol. The second-order valence-electron chi connectivity index (χ2n) is 10.3. The lowest BCUT2D eigenvalue weighted by Gasteiger charge is -2.16. The molecule has 0 bridgehead atoms. The SMILES string of the molecule is CCOc1cc(/C=C2/SC(=NCc3ccccc3)N(Cc3ccccc3)C2=O)cc(Br)c1OCc1cccc2ccccc12. The zero-order valence-corrected chi connectivity index (χ0v) is 26.7. The number of rotatable bonds is 10. The number of thioether (sulfide) groups is 1. The molecule has 1 heterocycles. The molecule has 0 N–H and O–H groups in total. The maximum Gasteiger partial charge on any atom is 0.267 e. The van der Waals surface area contributed by atoms with Crippen molar-refractivity contribution in [2.75, 3.05) is 6.61 Å². The second-order valence-corrected chi connectivity index (χ2v) is 12.1. The molecule has 5 nitrogen and oxygen atoms in total. The lowest BCUT2D eigenvalue weighted by atomic mass is 10.1. The Bertz CT molecular complexity index is 1840. The van der Waals surface area contributed by atoms with E-state index < -0.39 is 0 Å². The van der Waals surface area contributed by atoms with Crippen molar-refractivity contribution in [2.24, 2.45) is 4.99 Å². The average molecular weight is 664 g/mol. The van der Waals surface area contributed by atoms with Crippen molar-refractivity contribution < 1.29 is 14.3 Å². The number of hydrogen-bond acceptors (Lipinski definition) is 5. The van der Waals surface area contributed by atoms with Gasteiger partial charge in [0, 0.05) is 0 Å². The van der Waals surface area contributed by atoms with E-state index in [9.17, 15) is 4.79 Å². The van der Waals surface area contributed by atoms with E-state index in [2.05, 4.69) is 40.2 Å². The largest absolute Gasteiger partial charge is 0.490 e. The molecular weight excluding hydrogens is 632 g/mol. The van der Waals surface area contributed by atoms with Crippen molar-refractivity contribution in [2.45, 2.75) is 26.6 Å². The fraction of sp³-hybridized carbons (Fsp3) is 0.135. The summed E-state index contributed by atoms with van der Waals surface area (Å²) in [7, 11) is 0. The Morgan fingerprint density at radius 3 is 2.32 bits per heavy atom. The minimum absolute atomic E-state index is 0.0731. The van der Waals surface area contributed by atoms with Crippen LogP contribution in [0.5, 0.6) is 11.5 Å². The van der Waals surface area contributed by atoms with Crippen molar-refractivity contribution in [3.8, 4) is 11.5 Å². The van der Waals surface area contributed by atoms with Crippen LogP contribution in [0.2, 0.25) is 0 Å². The summed E-state index contributed by atoms with van der Waals surface area (Å²) in [6.07, 6.45) is 1.90. The third kappa shape index (κ3) is 6.90. The highest BCUT2D eigenvalue weighted by atomic mass is 79.9. The summed E-state index contributed by atoms with van der Waals surface area (Å²) < 4.78 is 13.1. The van der Waals surface area contributed by atoms with Crippen LogP contribution in [0.25, 0.3) is 16.8 Å². The van der Waals surface area contributed by atoms with Gasteiger partial charge in [0.25, 0.3) is 5.91 Å². The highest BCUT2D eigenvalue weighted by Gasteiger charge is 2.33. The fourth-order valence-corrected chi connectivity index (χ4v) is 6.62. The Labute approximate surface area is 270 Å². The molecule has 220 valence electrons. The summed E-state index contributed by atoms with van der Waals surface area (Å²) in [5.41, 5.74) is 4.06. The van der Waals surface area contributed by atoms with Crippen LogP contribution < -0.4 is 9.47 Å². The fourth-order valence-electron chi connectivity index (χ4n) is 5.07. The number of amidine groups is 1. The lowest BCUT2D eigenvalue weighted by Crippen LogP contribution is -2.28. The van der Waals surface area contributed by atoms with Gasteiger partial charge in [0.15, 0.2) is 16.7 Å². The minimum Gasteiger partial charge on any atom is -0.490 e. The van der Waals surface area contributed by atoms with Gasteiger partial charge in [0.05, 0.1) is 29.1 Å². The molecule has 0 atom stereocenters. The normalized spacial score (nSPS) is 15.0. The number of carbonyl (C=O) groups is 1. The molecule has 0 radical (unpaired) electrons. The maximum atomic E-state index is 13.8. The zero-order chi connectivity index (χ0) is 30.3. The summed E-state index contributed by atoms with van der Waals surface area (Å²) in [4.78, 5) is 21.0. The van der Waals surface area contributed by atoms with E-state index in [1.54, 1.807) is 4.90 Å². The molecule has 0 aliphatic carbocycles. The Morgan fingerprint density at radius 1 is 0.841 bits per heavy atom. The standard InChI is InChI=1S/C37H31BrN2O3S/c1-2-42-33-21-28(20-32(38)35(33)43-25-30-18-11-17-29-16-9-10-19-31(29)30)22-34-36(41)40(24-27-14-7-4-8-15-27)37(44-34)39-23-26-12-5-3-6-13-26/h3-22H,2,23-25H2,1H3/b34-22+,39-37?. The van der Waals surface area contributed by atoms with Gasteiger partial charge in [-0.2, -0.15) is 0 Å². The molecule has 44 heavy (non-hydrogen) atoms. The molecule has 0 unspecified atom stereocenters. The van der Waals surface area contributed by atoms with Crippen molar-refractivity contribution in [3.63, 3.8) is 0 Å². The Hall–Kier alpha value is -4.33. The molecule has 0 aromatic heterocycles. The first-order valence-corrected chi connectivity index (χ1v) is 16.1. The molecule has 0 saturated carbocycles. The predicted molar refractivity (Wildman–Crippen MR) is 184 cm³/mol. The van der Waals surface area contributed by atoms with Gasteiger partial charge in [-0.3, -0.25) is 14.7 Å². The Balaban J connectivity index is 1.28. The van der Waals surface area contributed by atoms with Crippen LogP contribution in [0.1, 0.15) is 29.2 Å². The highest BCUT2D eigenvalue weighted by molar-refractivity contribution is 9.10. The molecule has 1 amide bonds. The van der Waals surface area contributed by atoms with Crippen LogP contribution in [0, 0.1) is 0 Å². The van der Waals surface area contributed by atoms with Crippen molar-refractivity contribution in [3.05, 3.63) is 147 Å². The van der Waals surface area contributed by atoms with Gasteiger partial charge < -0.3 is 9.47 Å². The molecular formula is C37H31BrN2O3S. The third-order valence-electron chi connectivity index (χ3n) is 7.19. The van der Waals surface area contributed by atoms with Crippen LogP contribution in [-0.2, 0) is 24.5 Å². The topological polar surface area (TPSA) is 51.1 Å². The summed E-state index contributed by atoms with van der Waals surface area (Å²) in [6, 6.07) is 38.5. The van der Waals surface area contributed by atoms with Gasteiger partial charge in [0.2, 0.25) is 0 Å². The van der Waals surface area contributed by atoms with Crippen LogP contribution in [-0.4, -0.2) is 22.6 Å². The van der Waals surface area contributed by atoms with Gasteiger partial charge in [-0.05, 0) is 85.9 Å². The van der Waals surface area contributed by atoms with Gasteiger partial charge in [-0.25, -0.2) is 0 Å². The number of benzene rings is 5. The molecule has 6 rings (SSSR count). The molecule has 0 spiro atoms. The van der Waals surface area contributed by atoms with Crippen LogP contribution in [0.4, 0.5) is 0 Å². The number of ether oxygens (including phenoxy) is 2. The van der Waals surface area contributed by atoms with Crippen molar-refractivity contribution >= 4 is 55.6 Å². The number of carbonyl (C=O) groups excluding carboxylic acids is 1. The predicted octanol–water partition coefficient (Wildman–Crippen LogP) is 9.25. The van der Waals surface area contributed by atoms with Crippen LogP contribution in [0.3, 0.4) is 0 Å². The molecule has 1 aliphatic heterocycles. The van der Waals surface area contributed by atoms with Gasteiger partial charge >= 0.3 is 0 Å². The van der Waals surface area contributed by atoms with E-state index in [1.165, 1.54) is 17.1 Å². The molecule has 1 fully saturated rings. The number of aliphatic imine (C=N–C) groups is 1. The average Bonchev–Trinajstić information content (AvgIpc) is 3.33. The van der Waals surface area contributed by atoms with E-state index >= 15 is 0 Å². The van der Waals surface area contributed by atoms with E-state index in [-0.39, 0.29) is 5.91 Å².